The van der Waals surface area contributed by atoms with Gasteiger partial charge in [-0.15, -0.1) is 11.8 Å². The van der Waals surface area contributed by atoms with Gasteiger partial charge in [0.2, 0.25) is 5.89 Å². The Balaban J connectivity index is 1.88. The third kappa shape index (κ3) is 3.76. The van der Waals surface area contributed by atoms with E-state index in [0.717, 1.165) is 9.92 Å². The SMILES string of the molecule is N#CCCc1nc(CSc2ccc(Cl)cc2)no1. The van der Waals surface area contributed by atoms with Crippen LogP contribution in [0.3, 0.4) is 0 Å². The molecule has 0 aliphatic carbocycles. The number of rotatable bonds is 5. The molecule has 0 spiro atoms. The monoisotopic (exact) mass is 279 g/mol. The molecule has 6 heteroatoms. The number of hydrogen-bond acceptors (Lipinski definition) is 5. The summed E-state index contributed by atoms with van der Waals surface area (Å²) >= 11 is 7.42. The van der Waals surface area contributed by atoms with E-state index in [1.165, 1.54) is 0 Å². The zero-order chi connectivity index (χ0) is 12.8. The van der Waals surface area contributed by atoms with Crippen molar-refractivity contribution in [3.63, 3.8) is 0 Å². The molecule has 0 atom stereocenters. The quantitative estimate of drug-likeness (QED) is 0.784. The fourth-order valence-corrected chi connectivity index (χ4v) is 2.16. The third-order valence-electron chi connectivity index (χ3n) is 2.14. The Morgan fingerprint density at radius 3 is 2.83 bits per heavy atom. The molecule has 4 nitrogen and oxygen atoms in total. The van der Waals surface area contributed by atoms with E-state index in [-0.39, 0.29) is 0 Å². The van der Waals surface area contributed by atoms with Crippen molar-refractivity contribution in [1.29, 1.82) is 5.26 Å². The van der Waals surface area contributed by atoms with Gasteiger partial charge >= 0.3 is 0 Å². The Morgan fingerprint density at radius 2 is 2.11 bits per heavy atom. The summed E-state index contributed by atoms with van der Waals surface area (Å²) < 4.78 is 5.03. The predicted molar refractivity (Wildman–Crippen MR) is 69.2 cm³/mol. The van der Waals surface area contributed by atoms with Gasteiger partial charge in [-0.05, 0) is 24.3 Å². The first-order valence-corrected chi connectivity index (χ1v) is 6.71. The zero-order valence-electron chi connectivity index (χ0n) is 9.47. The molecule has 0 bridgehead atoms. The molecule has 92 valence electrons. The number of nitriles is 1. The smallest absolute Gasteiger partial charge is 0.227 e. The van der Waals surface area contributed by atoms with Crippen molar-refractivity contribution < 1.29 is 4.52 Å². The fraction of sp³-hybridized carbons (Fsp3) is 0.250. The van der Waals surface area contributed by atoms with Gasteiger partial charge in [0.1, 0.15) is 0 Å². The highest BCUT2D eigenvalue weighted by atomic mass is 35.5. The van der Waals surface area contributed by atoms with Crippen molar-refractivity contribution >= 4 is 23.4 Å². The molecule has 0 radical (unpaired) electrons. The molecular formula is C12H10ClN3OS. The lowest BCUT2D eigenvalue weighted by molar-refractivity contribution is 0.375. The van der Waals surface area contributed by atoms with Crippen LogP contribution in [0.2, 0.25) is 5.02 Å². The van der Waals surface area contributed by atoms with E-state index in [1.807, 2.05) is 30.3 Å². The van der Waals surface area contributed by atoms with Crippen LogP contribution >= 0.6 is 23.4 Å². The summed E-state index contributed by atoms with van der Waals surface area (Å²) in [4.78, 5) is 5.30. The van der Waals surface area contributed by atoms with Crippen LogP contribution < -0.4 is 0 Å². The summed E-state index contributed by atoms with van der Waals surface area (Å²) in [5.41, 5.74) is 0. The van der Waals surface area contributed by atoms with Crippen molar-refractivity contribution in [2.45, 2.75) is 23.5 Å². The Labute approximate surface area is 114 Å². The van der Waals surface area contributed by atoms with Crippen LogP contribution in [0, 0.1) is 11.3 Å². The number of halogens is 1. The lowest BCUT2D eigenvalue weighted by Crippen LogP contribution is -1.86. The van der Waals surface area contributed by atoms with Gasteiger partial charge in [0, 0.05) is 22.8 Å². The van der Waals surface area contributed by atoms with Gasteiger partial charge in [-0.1, -0.05) is 16.8 Å². The lowest BCUT2D eigenvalue weighted by atomic mass is 10.3. The topological polar surface area (TPSA) is 62.7 Å². The zero-order valence-corrected chi connectivity index (χ0v) is 11.0. The molecule has 0 N–H and O–H groups in total. The van der Waals surface area contributed by atoms with E-state index in [2.05, 4.69) is 10.1 Å². The lowest BCUT2D eigenvalue weighted by Gasteiger charge is -1.97. The average molecular weight is 280 g/mol. The summed E-state index contributed by atoms with van der Waals surface area (Å²) in [5, 5.41) is 13.0. The van der Waals surface area contributed by atoms with E-state index < -0.39 is 0 Å². The highest BCUT2D eigenvalue weighted by Gasteiger charge is 2.06. The first-order chi connectivity index (χ1) is 8.78. The summed E-state index contributed by atoms with van der Waals surface area (Å²) in [6, 6.07) is 9.63. The number of benzene rings is 1. The summed E-state index contributed by atoms with van der Waals surface area (Å²) in [6.07, 6.45) is 0.904. The summed E-state index contributed by atoms with van der Waals surface area (Å²) in [7, 11) is 0. The molecule has 0 saturated carbocycles. The van der Waals surface area contributed by atoms with Crippen LogP contribution in [0.4, 0.5) is 0 Å². The van der Waals surface area contributed by atoms with E-state index in [0.29, 0.717) is 30.3 Å². The minimum atomic E-state index is 0.395. The Kier molecular flexibility index (Phi) is 4.62. The summed E-state index contributed by atoms with van der Waals surface area (Å²) in [5.74, 6) is 1.80. The number of aromatic nitrogens is 2. The van der Waals surface area contributed by atoms with Gasteiger partial charge < -0.3 is 4.52 Å². The third-order valence-corrected chi connectivity index (χ3v) is 3.40. The fourth-order valence-electron chi connectivity index (χ4n) is 1.29. The van der Waals surface area contributed by atoms with E-state index in [1.54, 1.807) is 11.8 Å². The van der Waals surface area contributed by atoms with Gasteiger partial charge in [-0.25, -0.2) is 0 Å². The van der Waals surface area contributed by atoms with Crippen molar-refractivity contribution in [1.82, 2.24) is 10.1 Å². The second kappa shape index (κ2) is 6.43. The Hall–Kier alpha value is -1.51. The molecule has 0 amide bonds. The van der Waals surface area contributed by atoms with Crippen molar-refractivity contribution in [2.24, 2.45) is 0 Å². The van der Waals surface area contributed by atoms with Crippen LogP contribution in [0.25, 0.3) is 0 Å². The van der Waals surface area contributed by atoms with Gasteiger partial charge in [-0.2, -0.15) is 10.2 Å². The average Bonchev–Trinajstić information content (AvgIpc) is 2.84. The second-order valence-electron chi connectivity index (χ2n) is 3.51. The highest BCUT2D eigenvalue weighted by Crippen LogP contribution is 2.23. The predicted octanol–water partition coefficient (Wildman–Crippen LogP) is 3.47. The van der Waals surface area contributed by atoms with Crippen LogP contribution in [0.1, 0.15) is 18.1 Å². The van der Waals surface area contributed by atoms with Crippen LogP contribution in [0.15, 0.2) is 33.7 Å². The Bertz CT molecular complexity index is 547. The van der Waals surface area contributed by atoms with E-state index >= 15 is 0 Å². The van der Waals surface area contributed by atoms with Crippen molar-refractivity contribution in [3.05, 3.63) is 41.0 Å². The molecule has 1 aromatic carbocycles. The number of thioether (sulfide) groups is 1. The highest BCUT2D eigenvalue weighted by molar-refractivity contribution is 7.98. The maximum atomic E-state index is 8.45. The molecule has 2 aromatic rings. The molecule has 1 heterocycles. The molecule has 0 aliphatic heterocycles. The van der Waals surface area contributed by atoms with Gasteiger partial charge in [-0.3, -0.25) is 0 Å². The van der Waals surface area contributed by atoms with E-state index in [9.17, 15) is 0 Å². The maximum absolute atomic E-state index is 8.45. The van der Waals surface area contributed by atoms with Crippen molar-refractivity contribution in [3.8, 4) is 6.07 Å². The van der Waals surface area contributed by atoms with E-state index in [4.69, 9.17) is 21.4 Å². The standard InChI is InChI=1S/C12H10ClN3OS/c13-9-3-5-10(6-4-9)18-8-11-15-12(17-16-11)2-1-7-14/h3-6H,1-2,8H2. The maximum Gasteiger partial charge on any atom is 0.227 e. The number of hydrogen-bond donors (Lipinski definition) is 0. The molecular weight excluding hydrogens is 270 g/mol. The molecule has 0 saturated heterocycles. The van der Waals surface area contributed by atoms with Crippen LogP contribution in [-0.2, 0) is 12.2 Å². The molecule has 18 heavy (non-hydrogen) atoms. The summed E-state index contributed by atoms with van der Waals surface area (Å²) in [6.45, 7) is 0. The van der Waals surface area contributed by atoms with Crippen molar-refractivity contribution in [2.75, 3.05) is 0 Å². The molecule has 0 unspecified atom stereocenters. The number of nitrogens with zero attached hydrogens (tertiary/aromatic N) is 3. The largest absolute Gasteiger partial charge is 0.339 e. The number of aryl methyl sites for hydroxylation is 1. The Morgan fingerprint density at radius 1 is 1.33 bits per heavy atom. The molecule has 0 aliphatic rings. The van der Waals surface area contributed by atoms with Crippen LogP contribution in [-0.4, -0.2) is 10.1 Å². The molecule has 2 rings (SSSR count). The molecule has 0 fully saturated rings. The first kappa shape index (κ1) is 12.9. The second-order valence-corrected chi connectivity index (χ2v) is 4.99. The first-order valence-electron chi connectivity index (χ1n) is 5.34. The van der Waals surface area contributed by atoms with Crippen LogP contribution in [0.5, 0.6) is 0 Å². The minimum absolute atomic E-state index is 0.395. The van der Waals surface area contributed by atoms with Gasteiger partial charge in [0.05, 0.1) is 11.8 Å². The van der Waals surface area contributed by atoms with Gasteiger partial charge in [0.25, 0.3) is 0 Å². The minimum Gasteiger partial charge on any atom is -0.339 e. The molecule has 1 aromatic heterocycles. The normalized spacial score (nSPS) is 10.2. The van der Waals surface area contributed by atoms with Gasteiger partial charge in [0.15, 0.2) is 5.82 Å².